The third-order valence-electron chi connectivity index (χ3n) is 5.39. The summed E-state index contributed by atoms with van der Waals surface area (Å²) in [7, 11) is 0. The van der Waals surface area contributed by atoms with Crippen molar-refractivity contribution < 1.29 is 5.11 Å². The summed E-state index contributed by atoms with van der Waals surface area (Å²) in [5.41, 5.74) is 1.86. The molecule has 1 aromatic heterocycles. The Morgan fingerprint density at radius 2 is 1.67 bits per heavy atom. The van der Waals surface area contributed by atoms with Gasteiger partial charge in [0.2, 0.25) is 0 Å². The van der Waals surface area contributed by atoms with Crippen molar-refractivity contribution >= 4 is 5.69 Å². The number of rotatable bonds is 2. The first-order valence-corrected chi connectivity index (χ1v) is 8.43. The number of hydrogen-bond acceptors (Lipinski definition) is 3. The van der Waals surface area contributed by atoms with Crippen molar-refractivity contribution in [1.29, 1.82) is 0 Å². The Kier molecular flexibility index (Phi) is 3.96. The van der Waals surface area contributed by atoms with Crippen LogP contribution in [0, 0.1) is 5.41 Å². The Balaban J connectivity index is 1.70. The molecule has 0 atom stereocenters. The van der Waals surface area contributed by atoms with Crippen LogP contribution in [0.4, 0.5) is 5.69 Å². The molecular formula is C18H28N2O. The Morgan fingerprint density at radius 3 is 2.24 bits per heavy atom. The lowest BCUT2D eigenvalue weighted by Gasteiger charge is -2.38. The van der Waals surface area contributed by atoms with Gasteiger partial charge in [-0.3, -0.25) is 4.98 Å². The van der Waals surface area contributed by atoms with Crippen LogP contribution in [-0.4, -0.2) is 23.2 Å². The molecule has 3 heteroatoms. The van der Waals surface area contributed by atoms with Crippen LogP contribution in [0.5, 0.6) is 0 Å². The molecular weight excluding hydrogens is 260 g/mol. The highest BCUT2D eigenvalue weighted by atomic mass is 16.3. The standard InChI is InChI=1S/C18H28N2O/c1-17(2)10-12-20(13-11-17)15-6-7-16(19-14-15)18(21)8-4-3-5-9-18/h6-7,14,21H,3-5,8-13H2,1-2H3. The number of aliphatic hydroxyl groups is 1. The predicted molar refractivity (Wildman–Crippen MR) is 86.4 cm³/mol. The first kappa shape index (κ1) is 14.8. The summed E-state index contributed by atoms with van der Waals surface area (Å²) in [4.78, 5) is 7.02. The lowest BCUT2D eigenvalue weighted by atomic mass is 9.82. The van der Waals surface area contributed by atoms with E-state index in [-0.39, 0.29) is 0 Å². The number of nitrogens with zero attached hydrogens (tertiary/aromatic N) is 2. The van der Waals surface area contributed by atoms with Gasteiger partial charge in [-0.25, -0.2) is 0 Å². The van der Waals surface area contributed by atoms with Gasteiger partial charge in [0, 0.05) is 13.1 Å². The SMILES string of the molecule is CC1(C)CCN(c2ccc(C3(O)CCCCC3)nc2)CC1. The number of anilines is 1. The molecule has 3 nitrogen and oxygen atoms in total. The van der Waals surface area contributed by atoms with Crippen molar-refractivity contribution in [1.82, 2.24) is 4.98 Å². The van der Waals surface area contributed by atoms with E-state index in [1.165, 1.54) is 24.9 Å². The minimum absolute atomic E-state index is 0.473. The minimum atomic E-state index is -0.680. The molecule has 1 aliphatic heterocycles. The van der Waals surface area contributed by atoms with E-state index in [0.29, 0.717) is 5.41 Å². The molecule has 3 rings (SSSR count). The van der Waals surface area contributed by atoms with Crippen LogP contribution >= 0.6 is 0 Å². The van der Waals surface area contributed by atoms with Crippen molar-refractivity contribution in [3.05, 3.63) is 24.0 Å². The van der Waals surface area contributed by atoms with Gasteiger partial charge in [0.25, 0.3) is 0 Å². The Bertz CT molecular complexity index is 464. The topological polar surface area (TPSA) is 36.4 Å². The van der Waals surface area contributed by atoms with E-state index >= 15 is 0 Å². The van der Waals surface area contributed by atoms with E-state index in [1.54, 1.807) is 0 Å². The van der Waals surface area contributed by atoms with E-state index in [0.717, 1.165) is 44.5 Å². The lowest BCUT2D eigenvalue weighted by molar-refractivity contribution is -0.00461. The van der Waals surface area contributed by atoms with Gasteiger partial charge in [-0.2, -0.15) is 0 Å². The Morgan fingerprint density at radius 1 is 1.00 bits per heavy atom. The summed E-state index contributed by atoms with van der Waals surface area (Å²) in [6.45, 7) is 6.92. The molecule has 21 heavy (non-hydrogen) atoms. The zero-order chi connectivity index (χ0) is 14.9. The first-order valence-electron chi connectivity index (χ1n) is 8.43. The summed E-state index contributed by atoms with van der Waals surface area (Å²) in [5.74, 6) is 0. The molecule has 2 aliphatic rings. The quantitative estimate of drug-likeness (QED) is 0.897. The predicted octanol–water partition coefficient (Wildman–Crippen LogP) is 3.86. The van der Waals surface area contributed by atoms with Crippen molar-refractivity contribution in [2.45, 2.75) is 64.4 Å². The fourth-order valence-corrected chi connectivity index (χ4v) is 3.61. The maximum absolute atomic E-state index is 10.7. The van der Waals surface area contributed by atoms with Crippen LogP contribution in [0.25, 0.3) is 0 Å². The average molecular weight is 288 g/mol. The van der Waals surface area contributed by atoms with Crippen molar-refractivity contribution in [3.63, 3.8) is 0 Å². The molecule has 2 heterocycles. The Labute approximate surface area is 128 Å². The molecule has 0 spiro atoms. The van der Waals surface area contributed by atoms with Crippen LogP contribution in [0.3, 0.4) is 0 Å². The molecule has 0 amide bonds. The van der Waals surface area contributed by atoms with Crippen LogP contribution in [0.2, 0.25) is 0 Å². The lowest BCUT2D eigenvalue weighted by Crippen LogP contribution is -2.37. The van der Waals surface area contributed by atoms with Gasteiger partial charge in [0.1, 0.15) is 5.60 Å². The molecule has 1 aliphatic carbocycles. The third kappa shape index (κ3) is 3.23. The van der Waals surface area contributed by atoms with Gasteiger partial charge in [-0.05, 0) is 43.2 Å². The molecule has 2 fully saturated rings. The highest BCUT2D eigenvalue weighted by Gasteiger charge is 2.32. The van der Waals surface area contributed by atoms with E-state index < -0.39 is 5.60 Å². The van der Waals surface area contributed by atoms with Gasteiger partial charge >= 0.3 is 0 Å². The zero-order valence-electron chi connectivity index (χ0n) is 13.4. The fraction of sp³-hybridized carbons (Fsp3) is 0.722. The summed E-state index contributed by atoms with van der Waals surface area (Å²) in [6, 6.07) is 4.19. The van der Waals surface area contributed by atoms with Gasteiger partial charge in [-0.15, -0.1) is 0 Å². The Hall–Kier alpha value is -1.09. The van der Waals surface area contributed by atoms with Gasteiger partial charge in [-0.1, -0.05) is 33.1 Å². The monoisotopic (exact) mass is 288 g/mol. The highest BCUT2D eigenvalue weighted by molar-refractivity contribution is 5.45. The molecule has 0 unspecified atom stereocenters. The van der Waals surface area contributed by atoms with Crippen LogP contribution in [0.15, 0.2) is 18.3 Å². The van der Waals surface area contributed by atoms with Crippen LogP contribution in [-0.2, 0) is 5.60 Å². The average Bonchev–Trinajstić information content (AvgIpc) is 2.48. The summed E-state index contributed by atoms with van der Waals surface area (Å²) in [6.07, 6.45) is 9.61. The van der Waals surface area contributed by atoms with Gasteiger partial charge < -0.3 is 10.0 Å². The van der Waals surface area contributed by atoms with Crippen LogP contribution < -0.4 is 4.90 Å². The second-order valence-electron chi connectivity index (χ2n) is 7.65. The molecule has 0 bridgehead atoms. The number of piperidine rings is 1. The van der Waals surface area contributed by atoms with Gasteiger partial charge in [0.05, 0.1) is 17.6 Å². The van der Waals surface area contributed by atoms with Crippen molar-refractivity contribution in [3.8, 4) is 0 Å². The molecule has 1 N–H and O–H groups in total. The van der Waals surface area contributed by atoms with Crippen molar-refractivity contribution in [2.24, 2.45) is 5.41 Å². The maximum atomic E-state index is 10.7. The largest absolute Gasteiger partial charge is 0.384 e. The molecule has 1 saturated carbocycles. The number of aromatic nitrogens is 1. The second-order valence-corrected chi connectivity index (χ2v) is 7.65. The molecule has 1 aromatic rings. The minimum Gasteiger partial charge on any atom is -0.384 e. The normalized spacial score (nSPS) is 24.8. The van der Waals surface area contributed by atoms with E-state index in [4.69, 9.17) is 0 Å². The molecule has 1 saturated heterocycles. The van der Waals surface area contributed by atoms with Crippen molar-refractivity contribution in [2.75, 3.05) is 18.0 Å². The smallest absolute Gasteiger partial charge is 0.106 e. The number of hydrogen-bond donors (Lipinski definition) is 1. The van der Waals surface area contributed by atoms with E-state index in [1.807, 2.05) is 12.3 Å². The third-order valence-corrected chi connectivity index (χ3v) is 5.39. The number of pyridine rings is 1. The molecule has 116 valence electrons. The van der Waals surface area contributed by atoms with Gasteiger partial charge in [0.15, 0.2) is 0 Å². The first-order chi connectivity index (χ1) is 9.99. The summed E-state index contributed by atoms with van der Waals surface area (Å²) >= 11 is 0. The highest BCUT2D eigenvalue weighted by Crippen LogP contribution is 2.37. The molecule has 0 radical (unpaired) electrons. The summed E-state index contributed by atoms with van der Waals surface area (Å²) in [5, 5.41) is 10.7. The zero-order valence-corrected chi connectivity index (χ0v) is 13.4. The molecule has 0 aromatic carbocycles. The summed E-state index contributed by atoms with van der Waals surface area (Å²) < 4.78 is 0. The fourth-order valence-electron chi connectivity index (χ4n) is 3.61. The van der Waals surface area contributed by atoms with Crippen LogP contribution in [0.1, 0.15) is 64.5 Å². The maximum Gasteiger partial charge on any atom is 0.106 e. The van der Waals surface area contributed by atoms with E-state index in [2.05, 4.69) is 29.8 Å². The van der Waals surface area contributed by atoms with E-state index in [9.17, 15) is 5.11 Å². The second kappa shape index (κ2) is 5.60.